The van der Waals surface area contributed by atoms with Crippen molar-refractivity contribution in [1.29, 1.82) is 0 Å². The van der Waals surface area contributed by atoms with Crippen LogP contribution in [-0.4, -0.2) is 39.0 Å². The average molecular weight is 264 g/mol. The van der Waals surface area contributed by atoms with Crippen molar-refractivity contribution in [1.82, 2.24) is 20.2 Å². The van der Waals surface area contributed by atoms with Gasteiger partial charge in [-0.1, -0.05) is 29.5 Å². The number of ether oxygens (including phenoxy) is 1. The first-order valence-electron chi connectivity index (χ1n) is 5.26. The van der Waals surface area contributed by atoms with Gasteiger partial charge >= 0.3 is 5.97 Å². The number of rotatable bonds is 4. The first kappa shape index (κ1) is 12.6. The van der Waals surface area contributed by atoms with Crippen LogP contribution in [0.2, 0.25) is 0 Å². The van der Waals surface area contributed by atoms with E-state index < -0.39 is 0 Å². The minimum Gasteiger partial charge on any atom is -0.468 e. The minimum absolute atomic E-state index is 0.183. The van der Waals surface area contributed by atoms with E-state index in [-0.39, 0.29) is 11.7 Å². The second-order valence-electron chi connectivity index (χ2n) is 3.57. The molecule has 2 rings (SSSR count). The molecule has 0 unspecified atom stereocenters. The van der Waals surface area contributed by atoms with Crippen LogP contribution in [0.25, 0.3) is 5.69 Å². The smallest absolute Gasteiger partial charge is 0.316 e. The highest BCUT2D eigenvalue weighted by molar-refractivity contribution is 7.99. The molecule has 1 aromatic heterocycles. The number of hydrogen-bond acceptors (Lipinski definition) is 6. The Bertz CT molecular complexity index is 538. The first-order chi connectivity index (χ1) is 8.70. The summed E-state index contributed by atoms with van der Waals surface area (Å²) < 4.78 is 6.16. The van der Waals surface area contributed by atoms with Gasteiger partial charge in [-0.05, 0) is 29.5 Å². The van der Waals surface area contributed by atoms with Crippen LogP contribution >= 0.6 is 11.8 Å². The van der Waals surface area contributed by atoms with E-state index in [4.69, 9.17) is 0 Å². The molecule has 94 valence electrons. The van der Waals surface area contributed by atoms with Crippen molar-refractivity contribution < 1.29 is 9.53 Å². The van der Waals surface area contributed by atoms with E-state index in [1.54, 1.807) is 4.68 Å². The van der Waals surface area contributed by atoms with E-state index in [1.165, 1.54) is 18.9 Å². The summed E-state index contributed by atoms with van der Waals surface area (Å²) in [7, 11) is 1.35. The van der Waals surface area contributed by atoms with Gasteiger partial charge in [-0.2, -0.15) is 4.68 Å². The maximum atomic E-state index is 11.1. The molecule has 0 spiro atoms. The maximum Gasteiger partial charge on any atom is 0.316 e. The van der Waals surface area contributed by atoms with Crippen molar-refractivity contribution >= 4 is 17.7 Å². The average Bonchev–Trinajstić information content (AvgIpc) is 2.85. The standard InChI is InChI=1S/C11H12N4O2S/c1-8-3-5-9(6-4-8)15-11(12-13-14-15)18-7-10(16)17-2/h3-6H,7H2,1-2H3. The van der Waals surface area contributed by atoms with Crippen molar-refractivity contribution in [3.05, 3.63) is 29.8 Å². The Morgan fingerprint density at radius 2 is 2.11 bits per heavy atom. The summed E-state index contributed by atoms with van der Waals surface area (Å²) >= 11 is 1.24. The van der Waals surface area contributed by atoms with Crippen LogP contribution in [0.4, 0.5) is 0 Å². The van der Waals surface area contributed by atoms with Crippen LogP contribution in [0.3, 0.4) is 0 Å². The van der Waals surface area contributed by atoms with Gasteiger partial charge in [-0.3, -0.25) is 4.79 Å². The van der Waals surface area contributed by atoms with E-state index in [0.717, 1.165) is 11.3 Å². The van der Waals surface area contributed by atoms with Crippen molar-refractivity contribution in [3.8, 4) is 5.69 Å². The third-order valence-corrected chi connectivity index (χ3v) is 3.16. The summed E-state index contributed by atoms with van der Waals surface area (Å²) in [6.45, 7) is 2.01. The fourth-order valence-electron chi connectivity index (χ4n) is 1.30. The topological polar surface area (TPSA) is 69.9 Å². The van der Waals surface area contributed by atoms with Gasteiger partial charge in [-0.15, -0.1) is 5.10 Å². The van der Waals surface area contributed by atoms with Gasteiger partial charge in [-0.25, -0.2) is 0 Å². The summed E-state index contributed by atoms with van der Waals surface area (Å²) in [5.41, 5.74) is 2.02. The Labute approximate surface area is 108 Å². The van der Waals surface area contributed by atoms with Crippen molar-refractivity contribution in [2.75, 3.05) is 12.9 Å². The largest absolute Gasteiger partial charge is 0.468 e. The highest BCUT2D eigenvalue weighted by atomic mass is 32.2. The molecule has 7 heteroatoms. The van der Waals surface area contributed by atoms with E-state index >= 15 is 0 Å². The number of thioether (sulfide) groups is 1. The highest BCUT2D eigenvalue weighted by Gasteiger charge is 2.11. The van der Waals surface area contributed by atoms with E-state index in [0.29, 0.717) is 5.16 Å². The van der Waals surface area contributed by atoms with Gasteiger partial charge in [0.15, 0.2) is 0 Å². The van der Waals surface area contributed by atoms with E-state index in [1.807, 2.05) is 31.2 Å². The number of methoxy groups -OCH3 is 1. The summed E-state index contributed by atoms with van der Waals surface area (Å²) in [4.78, 5) is 11.1. The van der Waals surface area contributed by atoms with Crippen LogP contribution in [0.1, 0.15) is 5.56 Å². The van der Waals surface area contributed by atoms with Crippen LogP contribution in [0, 0.1) is 6.92 Å². The molecule has 6 nitrogen and oxygen atoms in total. The lowest BCUT2D eigenvalue weighted by molar-refractivity contribution is -0.137. The van der Waals surface area contributed by atoms with Crippen LogP contribution < -0.4 is 0 Å². The molecule has 0 N–H and O–H groups in total. The molecule has 0 aliphatic rings. The Morgan fingerprint density at radius 1 is 1.39 bits per heavy atom. The molecule has 18 heavy (non-hydrogen) atoms. The second kappa shape index (κ2) is 5.63. The number of tetrazole rings is 1. The molecule has 0 bridgehead atoms. The third-order valence-electron chi connectivity index (χ3n) is 2.27. The molecule has 2 aromatic rings. The van der Waals surface area contributed by atoms with Gasteiger partial charge in [0.25, 0.3) is 0 Å². The Kier molecular flexibility index (Phi) is 3.93. The van der Waals surface area contributed by atoms with Crippen LogP contribution in [0.15, 0.2) is 29.4 Å². The minimum atomic E-state index is -0.307. The van der Waals surface area contributed by atoms with Crippen LogP contribution in [-0.2, 0) is 9.53 Å². The molecule has 0 amide bonds. The zero-order valence-corrected chi connectivity index (χ0v) is 10.8. The van der Waals surface area contributed by atoms with E-state index in [9.17, 15) is 4.79 Å². The molecule has 0 saturated heterocycles. The zero-order chi connectivity index (χ0) is 13.0. The van der Waals surface area contributed by atoms with Crippen LogP contribution in [0.5, 0.6) is 0 Å². The second-order valence-corrected chi connectivity index (χ2v) is 4.52. The molecular formula is C11H12N4O2S. The SMILES string of the molecule is COC(=O)CSc1nnnn1-c1ccc(C)cc1. The highest BCUT2D eigenvalue weighted by Crippen LogP contribution is 2.18. The molecule has 1 heterocycles. The van der Waals surface area contributed by atoms with Gasteiger partial charge in [0, 0.05) is 0 Å². The molecule has 0 saturated carbocycles. The third kappa shape index (κ3) is 2.86. The van der Waals surface area contributed by atoms with Gasteiger partial charge in [0.1, 0.15) is 0 Å². The van der Waals surface area contributed by atoms with Gasteiger partial charge in [0.2, 0.25) is 5.16 Å². The first-order valence-corrected chi connectivity index (χ1v) is 6.24. The number of benzene rings is 1. The number of nitrogens with zero attached hydrogens (tertiary/aromatic N) is 4. The lowest BCUT2D eigenvalue weighted by Crippen LogP contribution is -2.05. The quantitative estimate of drug-likeness (QED) is 0.611. The van der Waals surface area contributed by atoms with Gasteiger partial charge < -0.3 is 4.74 Å². The summed E-state index contributed by atoms with van der Waals surface area (Å²) in [5.74, 6) is -0.124. The normalized spacial score (nSPS) is 10.3. The summed E-state index contributed by atoms with van der Waals surface area (Å²) in [5, 5.41) is 12.0. The van der Waals surface area contributed by atoms with Gasteiger partial charge in [0.05, 0.1) is 18.6 Å². The number of aromatic nitrogens is 4. The number of hydrogen-bond donors (Lipinski definition) is 0. The molecule has 0 atom stereocenters. The molecule has 0 fully saturated rings. The van der Waals surface area contributed by atoms with Crippen molar-refractivity contribution in [2.24, 2.45) is 0 Å². The number of esters is 1. The zero-order valence-electron chi connectivity index (χ0n) is 10.0. The molecule has 1 aromatic carbocycles. The number of carbonyl (C=O) groups is 1. The molecule has 0 radical (unpaired) electrons. The monoisotopic (exact) mass is 264 g/mol. The summed E-state index contributed by atoms with van der Waals surface area (Å²) in [6, 6.07) is 7.80. The van der Waals surface area contributed by atoms with E-state index in [2.05, 4.69) is 20.3 Å². The summed E-state index contributed by atoms with van der Waals surface area (Å²) in [6.07, 6.45) is 0. The fourth-order valence-corrected chi connectivity index (χ4v) is 2.02. The Hall–Kier alpha value is -1.89. The van der Waals surface area contributed by atoms with Crippen molar-refractivity contribution in [3.63, 3.8) is 0 Å². The molecule has 0 aliphatic heterocycles. The maximum absolute atomic E-state index is 11.1. The Balaban J connectivity index is 2.17. The lowest BCUT2D eigenvalue weighted by atomic mass is 10.2. The Morgan fingerprint density at radius 3 is 2.78 bits per heavy atom. The molecular weight excluding hydrogens is 252 g/mol. The lowest BCUT2D eigenvalue weighted by Gasteiger charge is -2.03. The number of aryl methyl sites for hydroxylation is 1. The predicted molar refractivity (Wildman–Crippen MR) is 66.6 cm³/mol. The molecule has 0 aliphatic carbocycles. The number of carbonyl (C=O) groups excluding carboxylic acids is 1. The van der Waals surface area contributed by atoms with Crippen molar-refractivity contribution in [2.45, 2.75) is 12.1 Å². The fraction of sp³-hybridized carbons (Fsp3) is 0.273. The predicted octanol–water partition coefficient (Wildman–Crippen LogP) is 1.24.